The Morgan fingerprint density at radius 2 is 1.95 bits per heavy atom. The SMILES string of the molecule is CC(=O)c1cccc(S(=O)(=O)NCc2ccc(C)n2C)c1. The summed E-state index contributed by atoms with van der Waals surface area (Å²) in [5.41, 5.74) is 2.31. The maximum Gasteiger partial charge on any atom is 0.240 e. The molecule has 0 unspecified atom stereocenters. The molecule has 0 saturated heterocycles. The highest BCUT2D eigenvalue weighted by molar-refractivity contribution is 7.89. The average molecular weight is 306 g/mol. The van der Waals surface area contributed by atoms with Crippen molar-refractivity contribution in [1.29, 1.82) is 0 Å². The second-order valence-corrected chi connectivity index (χ2v) is 6.70. The van der Waals surface area contributed by atoms with Gasteiger partial charge in [-0.1, -0.05) is 12.1 Å². The van der Waals surface area contributed by atoms with Gasteiger partial charge in [-0.05, 0) is 38.1 Å². The first-order valence-electron chi connectivity index (χ1n) is 6.53. The Morgan fingerprint density at radius 1 is 1.24 bits per heavy atom. The van der Waals surface area contributed by atoms with Crippen LogP contribution >= 0.6 is 0 Å². The molecule has 6 heteroatoms. The molecular weight excluding hydrogens is 288 g/mol. The van der Waals surface area contributed by atoms with Crippen molar-refractivity contribution in [2.24, 2.45) is 7.05 Å². The molecule has 0 bridgehead atoms. The molecule has 0 saturated carbocycles. The summed E-state index contributed by atoms with van der Waals surface area (Å²) in [4.78, 5) is 11.4. The highest BCUT2D eigenvalue weighted by Crippen LogP contribution is 2.13. The van der Waals surface area contributed by atoms with Gasteiger partial charge >= 0.3 is 0 Å². The number of carbonyl (C=O) groups is 1. The third-order valence-electron chi connectivity index (χ3n) is 3.47. The van der Waals surface area contributed by atoms with Crippen LogP contribution in [0.1, 0.15) is 28.7 Å². The van der Waals surface area contributed by atoms with E-state index in [9.17, 15) is 13.2 Å². The lowest BCUT2D eigenvalue weighted by Gasteiger charge is -2.09. The highest BCUT2D eigenvalue weighted by Gasteiger charge is 2.15. The van der Waals surface area contributed by atoms with Crippen LogP contribution in [0.25, 0.3) is 0 Å². The van der Waals surface area contributed by atoms with Gasteiger partial charge in [0.15, 0.2) is 5.78 Å². The smallest absolute Gasteiger partial charge is 0.240 e. The van der Waals surface area contributed by atoms with Crippen LogP contribution in [0.15, 0.2) is 41.3 Å². The van der Waals surface area contributed by atoms with Crippen molar-refractivity contribution < 1.29 is 13.2 Å². The van der Waals surface area contributed by atoms with Crippen LogP contribution in [0, 0.1) is 6.92 Å². The van der Waals surface area contributed by atoms with Crippen LogP contribution in [-0.2, 0) is 23.6 Å². The van der Waals surface area contributed by atoms with Gasteiger partial charge in [-0.3, -0.25) is 4.79 Å². The Bertz CT molecular complexity index is 776. The van der Waals surface area contributed by atoms with E-state index in [2.05, 4.69) is 4.72 Å². The predicted octanol–water partition coefficient (Wildman–Crippen LogP) is 2.01. The van der Waals surface area contributed by atoms with Crippen LogP contribution in [0.5, 0.6) is 0 Å². The van der Waals surface area contributed by atoms with Crippen molar-refractivity contribution in [3.8, 4) is 0 Å². The van der Waals surface area contributed by atoms with E-state index in [0.717, 1.165) is 11.4 Å². The fourth-order valence-electron chi connectivity index (χ4n) is 1.98. The fourth-order valence-corrected chi connectivity index (χ4v) is 3.02. The summed E-state index contributed by atoms with van der Waals surface area (Å²) in [5.74, 6) is -0.162. The topological polar surface area (TPSA) is 68.2 Å². The van der Waals surface area contributed by atoms with Gasteiger partial charge in [-0.25, -0.2) is 13.1 Å². The fraction of sp³-hybridized carbons (Fsp3) is 0.267. The minimum absolute atomic E-state index is 0.0983. The standard InChI is InChI=1S/C15H18N2O3S/c1-11-7-8-14(17(11)3)10-16-21(19,20)15-6-4-5-13(9-15)12(2)18/h4-9,16H,10H2,1-3H3. The van der Waals surface area contributed by atoms with Gasteiger partial charge in [0.05, 0.1) is 11.4 Å². The Kier molecular flexibility index (Phi) is 4.29. The van der Waals surface area contributed by atoms with Crippen molar-refractivity contribution in [3.63, 3.8) is 0 Å². The second-order valence-electron chi connectivity index (χ2n) is 4.93. The summed E-state index contributed by atoms with van der Waals surface area (Å²) < 4.78 is 29.0. The first kappa shape index (κ1) is 15.5. The Hall–Kier alpha value is -1.92. The molecule has 1 N–H and O–H groups in total. The molecule has 2 rings (SSSR count). The number of ketones is 1. The van der Waals surface area contributed by atoms with Crippen molar-refractivity contribution >= 4 is 15.8 Å². The van der Waals surface area contributed by atoms with Gasteiger partial charge in [-0.2, -0.15) is 0 Å². The summed E-state index contributed by atoms with van der Waals surface area (Å²) in [6, 6.07) is 9.84. The number of carbonyl (C=O) groups excluding carboxylic acids is 1. The van der Waals surface area contributed by atoms with E-state index in [1.165, 1.54) is 19.1 Å². The normalized spacial score (nSPS) is 11.6. The van der Waals surface area contributed by atoms with E-state index in [1.807, 2.05) is 30.7 Å². The first-order valence-corrected chi connectivity index (χ1v) is 8.01. The lowest BCUT2D eigenvalue weighted by molar-refractivity contribution is 0.101. The molecule has 1 heterocycles. The highest BCUT2D eigenvalue weighted by atomic mass is 32.2. The molecule has 0 aliphatic carbocycles. The molecule has 0 spiro atoms. The van der Waals surface area contributed by atoms with Crippen LogP contribution < -0.4 is 4.72 Å². The lowest BCUT2D eigenvalue weighted by Crippen LogP contribution is -2.24. The molecule has 0 atom stereocenters. The van der Waals surface area contributed by atoms with E-state index in [4.69, 9.17) is 0 Å². The minimum atomic E-state index is -3.64. The van der Waals surface area contributed by atoms with Crippen molar-refractivity contribution in [2.75, 3.05) is 0 Å². The number of hydrogen-bond acceptors (Lipinski definition) is 3. The molecule has 0 aliphatic rings. The van der Waals surface area contributed by atoms with Crippen molar-refractivity contribution in [2.45, 2.75) is 25.3 Å². The molecule has 0 aliphatic heterocycles. The number of nitrogens with zero attached hydrogens (tertiary/aromatic N) is 1. The summed E-state index contributed by atoms with van der Waals surface area (Å²) in [6.45, 7) is 3.57. The monoisotopic (exact) mass is 306 g/mol. The molecular formula is C15H18N2O3S. The lowest BCUT2D eigenvalue weighted by atomic mass is 10.2. The van der Waals surface area contributed by atoms with Crippen LogP contribution in [0.2, 0.25) is 0 Å². The Labute approximate surface area is 124 Å². The van der Waals surface area contributed by atoms with Crippen LogP contribution in [0.4, 0.5) is 0 Å². The van der Waals surface area contributed by atoms with Crippen molar-refractivity contribution in [1.82, 2.24) is 9.29 Å². The third-order valence-corrected chi connectivity index (χ3v) is 4.87. The zero-order valence-corrected chi connectivity index (χ0v) is 13.1. The minimum Gasteiger partial charge on any atom is -0.351 e. The number of sulfonamides is 1. The number of aromatic nitrogens is 1. The number of rotatable bonds is 5. The van der Waals surface area contributed by atoms with E-state index in [-0.39, 0.29) is 17.2 Å². The molecule has 21 heavy (non-hydrogen) atoms. The maximum atomic E-state index is 12.3. The van der Waals surface area contributed by atoms with Crippen LogP contribution in [0.3, 0.4) is 0 Å². The molecule has 112 valence electrons. The van der Waals surface area contributed by atoms with Crippen molar-refractivity contribution in [3.05, 3.63) is 53.3 Å². The third kappa shape index (κ3) is 3.40. The van der Waals surface area contributed by atoms with Gasteiger partial charge < -0.3 is 4.57 Å². The second kappa shape index (κ2) is 5.83. The summed E-state index contributed by atoms with van der Waals surface area (Å²) in [6.07, 6.45) is 0. The molecule has 0 amide bonds. The largest absolute Gasteiger partial charge is 0.351 e. The van der Waals surface area contributed by atoms with Gasteiger partial charge in [0.2, 0.25) is 10.0 Å². The first-order chi connectivity index (χ1) is 9.81. The van der Waals surface area contributed by atoms with Crippen LogP contribution in [-0.4, -0.2) is 18.8 Å². The number of Topliss-reactive ketones (excluding diaryl/α,β-unsaturated/α-hetero) is 1. The molecule has 1 aromatic heterocycles. The molecule has 0 fully saturated rings. The molecule has 1 aromatic carbocycles. The van der Waals surface area contributed by atoms with Gasteiger partial charge in [0.25, 0.3) is 0 Å². The summed E-state index contributed by atoms with van der Waals surface area (Å²) in [5, 5.41) is 0. The Balaban J connectivity index is 2.21. The number of nitrogens with one attached hydrogen (secondary N) is 1. The van der Waals surface area contributed by atoms with E-state index >= 15 is 0 Å². The van der Waals surface area contributed by atoms with Gasteiger partial charge in [-0.15, -0.1) is 0 Å². The van der Waals surface area contributed by atoms with E-state index in [1.54, 1.807) is 12.1 Å². The quantitative estimate of drug-likeness (QED) is 0.859. The van der Waals surface area contributed by atoms with E-state index in [0.29, 0.717) is 5.56 Å². The summed E-state index contributed by atoms with van der Waals surface area (Å²) in [7, 11) is -1.75. The Morgan fingerprint density at radius 3 is 2.52 bits per heavy atom. The number of hydrogen-bond donors (Lipinski definition) is 1. The number of aryl methyl sites for hydroxylation is 1. The van der Waals surface area contributed by atoms with Gasteiger partial charge in [0.1, 0.15) is 0 Å². The zero-order valence-electron chi connectivity index (χ0n) is 12.3. The number of benzene rings is 1. The molecule has 2 aromatic rings. The zero-order chi connectivity index (χ0) is 15.6. The van der Waals surface area contributed by atoms with E-state index < -0.39 is 10.0 Å². The summed E-state index contributed by atoms with van der Waals surface area (Å²) >= 11 is 0. The maximum absolute atomic E-state index is 12.3. The van der Waals surface area contributed by atoms with Gasteiger partial charge in [0, 0.05) is 24.0 Å². The predicted molar refractivity (Wildman–Crippen MR) is 80.6 cm³/mol. The molecule has 0 radical (unpaired) electrons. The molecule has 5 nitrogen and oxygen atoms in total. The average Bonchev–Trinajstić information content (AvgIpc) is 2.77.